The molecule has 1 aliphatic rings. The van der Waals surface area contributed by atoms with E-state index >= 15 is 0 Å². The lowest BCUT2D eigenvalue weighted by Gasteiger charge is -2.26. The Morgan fingerprint density at radius 2 is 1.92 bits per heavy atom. The van der Waals surface area contributed by atoms with Crippen LogP contribution in [-0.4, -0.2) is 24.3 Å². The molecule has 0 radical (unpaired) electrons. The van der Waals surface area contributed by atoms with E-state index in [0.717, 1.165) is 26.9 Å². The van der Waals surface area contributed by atoms with Crippen molar-refractivity contribution in [1.29, 1.82) is 0 Å². The Balaban J connectivity index is 1.96. The Bertz CT molecular complexity index is 1520. The summed E-state index contributed by atoms with van der Waals surface area (Å²) in [7, 11) is 1.64. The van der Waals surface area contributed by atoms with Crippen LogP contribution in [0.3, 0.4) is 0 Å². The lowest BCUT2D eigenvalue weighted by Crippen LogP contribution is -2.40. The Labute approximate surface area is 234 Å². The van der Waals surface area contributed by atoms with Crippen LogP contribution in [0.15, 0.2) is 63.5 Å². The van der Waals surface area contributed by atoms with E-state index in [0.29, 0.717) is 32.9 Å². The maximum atomic E-state index is 13.9. The fourth-order valence-electron chi connectivity index (χ4n) is 4.42. The smallest absolute Gasteiger partial charge is 0.338 e. The minimum absolute atomic E-state index is 0.176. The minimum atomic E-state index is -0.601. The van der Waals surface area contributed by atoms with Crippen molar-refractivity contribution in [2.45, 2.75) is 52.5 Å². The normalized spacial score (nSPS) is 15.5. The molecule has 0 N–H and O–H groups in total. The predicted octanol–water partition coefficient (Wildman–Crippen LogP) is 5.32. The molecule has 1 aliphatic heterocycles. The summed E-state index contributed by atoms with van der Waals surface area (Å²) in [5.74, 6) is 0.734. The van der Waals surface area contributed by atoms with Gasteiger partial charge >= 0.3 is 5.97 Å². The molecule has 1 atom stereocenters. The number of allylic oxidation sites excluding steroid dienone is 1. The Kier molecular flexibility index (Phi) is 8.69. The van der Waals surface area contributed by atoms with Crippen molar-refractivity contribution in [1.82, 2.24) is 4.57 Å². The average Bonchev–Trinajstić information content (AvgIpc) is 3.18. The summed E-state index contributed by atoms with van der Waals surface area (Å²) in [6, 6.07) is 13.3. The molecule has 2 aromatic carbocycles. The molecule has 0 fully saturated rings. The summed E-state index contributed by atoms with van der Waals surface area (Å²) < 4.78 is 14.0. The van der Waals surface area contributed by atoms with Crippen LogP contribution < -0.4 is 19.6 Å². The average molecular weight is 631 g/mol. The summed E-state index contributed by atoms with van der Waals surface area (Å²) in [6.45, 7) is 8.37. The van der Waals surface area contributed by atoms with Crippen molar-refractivity contribution in [3.63, 3.8) is 0 Å². The summed E-state index contributed by atoms with van der Waals surface area (Å²) in [6.07, 6.45) is 3.31. The first-order valence-corrected chi connectivity index (χ1v) is 14.3. The van der Waals surface area contributed by atoms with Gasteiger partial charge in [-0.15, -0.1) is 0 Å². The van der Waals surface area contributed by atoms with Crippen LogP contribution >= 0.6 is 33.9 Å². The molecule has 0 saturated carbocycles. The zero-order valence-electron chi connectivity index (χ0n) is 21.7. The number of fused-ring (bicyclic) bond motifs is 1. The van der Waals surface area contributed by atoms with E-state index in [2.05, 4.69) is 55.5 Å². The van der Waals surface area contributed by atoms with Crippen LogP contribution in [0.5, 0.6) is 5.75 Å². The van der Waals surface area contributed by atoms with E-state index in [9.17, 15) is 9.59 Å². The van der Waals surface area contributed by atoms with Crippen LogP contribution in [0.25, 0.3) is 6.08 Å². The van der Waals surface area contributed by atoms with E-state index in [1.54, 1.807) is 18.6 Å². The third-order valence-electron chi connectivity index (χ3n) is 6.28. The van der Waals surface area contributed by atoms with Gasteiger partial charge in [-0.2, -0.15) is 0 Å². The number of carbonyl (C=O) groups is 1. The fraction of sp³-hybridized carbons (Fsp3) is 0.345. The molecule has 0 bridgehead atoms. The quantitative estimate of drug-likeness (QED) is 0.250. The Hall–Kier alpha value is -2.72. The first-order chi connectivity index (χ1) is 17.8. The molecule has 0 saturated heterocycles. The van der Waals surface area contributed by atoms with Gasteiger partial charge in [0.05, 0.1) is 39.1 Å². The van der Waals surface area contributed by atoms with Crippen LogP contribution in [0, 0.1) is 3.57 Å². The highest BCUT2D eigenvalue weighted by Crippen LogP contribution is 2.33. The summed E-state index contributed by atoms with van der Waals surface area (Å²) in [5, 5.41) is 0. The van der Waals surface area contributed by atoms with Crippen LogP contribution in [-0.2, 0) is 9.53 Å². The number of halogens is 1. The number of thiazole rings is 1. The number of benzene rings is 2. The van der Waals surface area contributed by atoms with E-state index in [1.807, 2.05) is 36.4 Å². The van der Waals surface area contributed by atoms with Gasteiger partial charge in [-0.25, -0.2) is 9.79 Å². The molecule has 3 aromatic rings. The number of ether oxygens (including phenoxy) is 2. The highest BCUT2D eigenvalue weighted by Gasteiger charge is 2.34. The topological polar surface area (TPSA) is 69.9 Å². The molecule has 194 valence electrons. The maximum absolute atomic E-state index is 13.9. The highest BCUT2D eigenvalue weighted by molar-refractivity contribution is 14.1. The zero-order chi connectivity index (χ0) is 26.7. The number of esters is 1. The van der Waals surface area contributed by atoms with Crippen molar-refractivity contribution in [2.75, 3.05) is 13.7 Å². The number of rotatable bonds is 8. The van der Waals surface area contributed by atoms with Crippen molar-refractivity contribution >= 4 is 46.0 Å². The SMILES string of the molecule is CCCC1=C(C(=O)OCC)C(c2ccc(C(C)C)cc2)n2c(s/c(=C\c3ccc(OC)c(I)c3)c2=O)=N1. The summed E-state index contributed by atoms with van der Waals surface area (Å²) in [4.78, 5) is 32.6. The second-order valence-electron chi connectivity index (χ2n) is 9.13. The second-order valence-corrected chi connectivity index (χ2v) is 11.3. The zero-order valence-corrected chi connectivity index (χ0v) is 24.7. The van der Waals surface area contributed by atoms with E-state index in [1.165, 1.54) is 16.9 Å². The number of carbonyl (C=O) groups excluding carboxylic acids is 1. The van der Waals surface area contributed by atoms with Gasteiger partial charge in [-0.1, -0.05) is 68.9 Å². The van der Waals surface area contributed by atoms with Gasteiger partial charge in [0.1, 0.15) is 5.75 Å². The first-order valence-electron chi connectivity index (χ1n) is 12.4. The first kappa shape index (κ1) is 27.3. The summed E-state index contributed by atoms with van der Waals surface area (Å²) in [5.41, 5.74) is 3.91. The van der Waals surface area contributed by atoms with Crippen molar-refractivity contribution in [3.8, 4) is 5.75 Å². The molecule has 6 nitrogen and oxygen atoms in total. The van der Waals surface area contributed by atoms with Gasteiger partial charge in [-0.05, 0) is 76.8 Å². The molecular weight excluding hydrogens is 599 g/mol. The number of nitrogens with zero attached hydrogens (tertiary/aromatic N) is 2. The third-order valence-corrected chi connectivity index (χ3v) is 8.11. The van der Waals surface area contributed by atoms with Gasteiger partial charge < -0.3 is 9.47 Å². The Morgan fingerprint density at radius 3 is 2.51 bits per heavy atom. The molecule has 37 heavy (non-hydrogen) atoms. The Morgan fingerprint density at radius 1 is 1.19 bits per heavy atom. The van der Waals surface area contributed by atoms with Crippen LogP contribution in [0.4, 0.5) is 0 Å². The predicted molar refractivity (Wildman–Crippen MR) is 156 cm³/mol. The molecule has 0 aliphatic carbocycles. The van der Waals surface area contributed by atoms with Crippen LogP contribution in [0.1, 0.15) is 69.2 Å². The molecule has 1 aromatic heterocycles. The molecule has 1 unspecified atom stereocenters. The van der Waals surface area contributed by atoms with Gasteiger partial charge in [-0.3, -0.25) is 9.36 Å². The highest BCUT2D eigenvalue weighted by atomic mass is 127. The lowest BCUT2D eigenvalue weighted by atomic mass is 9.92. The van der Waals surface area contributed by atoms with Crippen molar-refractivity contribution < 1.29 is 14.3 Å². The lowest BCUT2D eigenvalue weighted by molar-refractivity contribution is -0.139. The maximum Gasteiger partial charge on any atom is 0.338 e. The number of methoxy groups -OCH3 is 1. The molecule has 0 spiro atoms. The standard InChI is InChI=1S/C29H31IN2O4S/c1-6-8-22-25(28(34)36-7-2)26(20-12-10-19(11-13-20)17(3)4)32-27(33)24(37-29(32)31-22)16-18-9-14-23(35-5)21(30)15-18/h9-17,26H,6-8H2,1-5H3/b24-16-. The fourth-order valence-corrected chi connectivity index (χ4v) is 6.20. The van der Waals surface area contributed by atoms with Crippen LogP contribution in [0.2, 0.25) is 0 Å². The van der Waals surface area contributed by atoms with Gasteiger partial charge in [0, 0.05) is 0 Å². The van der Waals surface area contributed by atoms with E-state index in [-0.39, 0.29) is 12.2 Å². The van der Waals surface area contributed by atoms with Gasteiger partial charge in [0.25, 0.3) is 5.56 Å². The van der Waals surface area contributed by atoms with E-state index in [4.69, 9.17) is 14.5 Å². The third kappa shape index (κ3) is 5.60. The largest absolute Gasteiger partial charge is 0.496 e. The van der Waals surface area contributed by atoms with E-state index < -0.39 is 12.0 Å². The molecular formula is C29H31IN2O4S. The number of aromatic nitrogens is 1. The van der Waals surface area contributed by atoms with Crippen molar-refractivity contribution in [3.05, 3.63) is 93.7 Å². The van der Waals surface area contributed by atoms with Crippen molar-refractivity contribution in [2.24, 2.45) is 4.99 Å². The molecule has 4 rings (SSSR count). The number of hydrogen-bond acceptors (Lipinski definition) is 6. The minimum Gasteiger partial charge on any atom is -0.496 e. The molecule has 2 heterocycles. The van der Waals surface area contributed by atoms with Gasteiger partial charge in [0.15, 0.2) is 4.80 Å². The molecule has 8 heteroatoms. The second kappa shape index (κ2) is 11.8. The monoisotopic (exact) mass is 630 g/mol. The van der Waals surface area contributed by atoms with Gasteiger partial charge in [0.2, 0.25) is 0 Å². The summed E-state index contributed by atoms with van der Waals surface area (Å²) >= 11 is 3.56. The number of hydrogen-bond donors (Lipinski definition) is 0. The molecule has 0 amide bonds.